The van der Waals surface area contributed by atoms with Gasteiger partial charge in [0.15, 0.2) is 0 Å². The van der Waals surface area contributed by atoms with E-state index in [1.807, 2.05) is 0 Å². The molecule has 36 heavy (non-hydrogen) atoms. The van der Waals surface area contributed by atoms with Crippen molar-refractivity contribution >= 4 is 22.6 Å². The van der Waals surface area contributed by atoms with Crippen molar-refractivity contribution in [3.05, 3.63) is 63.5 Å². The molecule has 4 heteroatoms. The van der Waals surface area contributed by atoms with Crippen LogP contribution in [0, 0.1) is 5.41 Å². The summed E-state index contributed by atoms with van der Waals surface area (Å²) in [5.74, 6) is 0.507. The Hall–Kier alpha value is -0.980. The van der Waals surface area contributed by atoms with Crippen LogP contribution in [0.2, 0.25) is 0 Å². The van der Waals surface area contributed by atoms with Crippen molar-refractivity contribution in [3.63, 3.8) is 0 Å². The SMILES string of the molecule is CC1(C)Cc2nc(C3CCCC3)c3c(c2C(O)C1)C1(CCCC1I)O[C@@H]3c1cccc(C(C)(C)C)c1. The fourth-order valence-electron chi connectivity index (χ4n) is 7.64. The van der Waals surface area contributed by atoms with E-state index in [1.165, 1.54) is 66.5 Å². The summed E-state index contributed by atoms with van der Waals surface area (Å²) >= 11 is 2.65. The summed E-state index contributed by atoms with van der Waals surface area (Å²) in [4.78, 5) is 5.50. The first-order valence-corrected chi connectivity index (χ1v) is 15.4. The summed E-state index contributed by atoms with van der Waals surface area (Å²) in [6.45, 7) is 11.4. The Morgan fingerprint density at radius 2 is 1.81 bits per heavy atom. The molecule has 2 saturated carbocycles. The van der Waals surface area contributed by atoms with Gasteiger partial charge in [-0.2, -0.15) is 0 Å². The number of alkyl halides is 1. The predicted octanol–water partition coefficient (Wildman–Crippen LogP) is 8.34. The van der Waals surface area contributed by atoms with Crippen molar-refractivity contribution in [2.24, 2.45) is 5.41 Å². The number of aromatic nitrogens is 1. The molecule has 2 fully saturated rings. The number of ether oxygens (including phenoxy) is 1. The zero-order chi connectivity index (χ0) is 25.5. The van der Waals surface area contributed by atoms with Crippen molar-refractivity contribution in [2.75, 3.05) is 0 Å². The number of benzene rings is 1. The molecule has 2 heterocycles. The number of fused-ring (bicyclic) bond motifs is 4. The lowest BCUT2D eigenvalue weighted by atomic mass is 9.70. The first-order valence-electron chi connectivity index (χ1n) is 14.2. The molecular formula is C32H42INO2. The van der Waals surface area contributed by atoms with Crippen molar-refractivity contribution in [2.45, 2.75) is 125 Å². The molecule has 4 aliphatic rings. The molecule has 4 atom stereocenters. The largest absolute Gasteiger partial charge is 0.388 e. The topological polar surface area (TPSA) is 42.4 Å². The van der Waals surface area contributed by atoms with E-state index in [4.69, 9.17) is 9.72 Å². The molecule has 6 rings (SSSR count). The maximum absolute atomic E-state index is 11.7. The summed E-state index contributed by atoms with van der Waals surface area (Å²) in [5.41, 5.74) is 8.68. The molecule has 194 valence electrons. The lowest BCUT2D eigenvalue weighted by molar-refractivity contribution is -0.0516. The van der Waals surface area contributed by atoms with E-state index in [0.717, 1.165) is 30.5 Å². The quantitative estimate of drug-likeness (QED) is 0.279. The van der Waals surface area contributed by atoms with Gasteiger partial charge in [0.2, 0.25) is 0 Å². The van der Waals surface area contributed by atoms with Crippen LogP contribution in [0.5, 0.6) is 0 Å². The third kappa shape index (κ3) is 4.00. The Bertz CT molecular complexity index is 1180. The van der Waals surface area contributed by atoms with Gasteiger partial charge in [-0.3, -0.25) is 4.98 Å². The molecule has 3 unspecified atom stereocenters. The molecule has 0 saturated heterocycles. The van der Waals surface area contributed by atoms with Crippen LogP contribution in [0.4, 0.5) is 0 Å². The molecule has 3 nitrogen and oxygen atoms in total. The van der Waals surface area contributed by atoms with Gasteiger partial charge in [-0.25, -0.2) is 0 Å². The number of aliphatic hydroxyl groups excluding tert-OH is 1. The van der Waals surface area contributed by atoms with Crippen LogP contribution >= 0.6 is 22.6 Å². The van der Waals surface area contributed by atoms with E-state index in [9.17, 15) is 5.11 Å². The molecule has 0 bridgehead atoms. The number of halogens is 1. The third-order valence-electron chi connectivity index (χ3n) is 9.43. The Balaban J connectivity index is 1.63. The predicted molar refractivity (Wildman–Crippen MR) is 154 cm³/mol. The third-order valence-corrected chi connectivity index (χ3v) is 11.1. The molecule has 1 spiro atoms. The van der Waals surface area contributed by atoms with Gasteiger partial charge < -0.3 is 9.84 Å². The molecule has 0 radical (unpaired) electrons. The van der Waals surface area contributed by atoms with E-state index < -0.39 is 6.10 Å². The molecule has 1 aromatic carbocycles. The molecular weight excluding hydrogens is 557 g/mol. The van der Waals surface area contributed by atoms with Crippen LogP contribution in [0.25, 0.3) is 0 Å². The second kappa shape index (κ2) is 8.77. The number of nitrogens with zero attached hydrogens (tertiary/aromatic N) is 1. The molecule has 1 N–H and O–H groups in total. The highest BCUT2D eigenvalue weighted by molar-refractivity contribution is 14.1. The standard InChI is InChI=1S/C32H42INO2/c1-30(2,3)21-13-8-12-20(16-21)29-26-27(32(36-29)15-9-14-24(32)33)25-22(17-31(4,5)18-23(25)35)34-28(26)19-10-6-7-11-19/h8,12-13,16,19,23-24,29,35H,6-7,9-11,14-15,17-18H2,1-5H3/t23?,24?,29-,32?/m1/s1. The van der Waals surface area contributed by atoms with Crippen LogP contribution in [0.1, 0.15) is 143 Å². The summed E-state index contributed by atoms with van der Waals surface area (Å²) < 4.78 is 7.77. The average molecular weight is 600 g/mol. The molecule has 2 aromatic rings. The maximum atomic E-state index is 11.7. The molecule has 1 aromatic heterocycles. The number of rotatable bonds is 2. The van der Waals surface area contributed by atoms with Crippen molar-refractivity contribution in [1.82, 2.24) is 4.98 Å². The smallest absolute Gasteiger partial charge is 0.111 e. The minimum atomic E-state index is -0.466. The van der Waals surface area contributed by atoms with Crippen molar-refractivity contribution in [3.8, 4) is 0 Å². The number of aliphatic hydroxyl groups is 1. The number of hydrogen-bond donors (Lipinski definition) is 1. The highest BCUT2D eigenvalue weighted by Gasteiger charge is 2.56. The number of hydrogen-bond acceptors (Lipinski definition) is 3. The van der Waals surface area contributed by atoms with Crippen LogP contribution in [0.15, 0.2) is 24.3 Å². The Labute approximate surface area is 231 Å². The van der Waals surface area contributed by atoms with Gasteiger partial charge in [0.25, 0.3) is 0 Å². The van der Waals surface area contributed by atoms with E-state index >= 15 is 0 Å². The van der Waals surface area contributed by atoms with Gasteiger partial charge in [0.1, 0.15) is 11.7 Å². The van der Waals surface area contributed by atoms with Gasteiger partial charge >= 0.3 is 0 Å². The second-order valence-corrected chi connectivity index (χ2v) is 15.3. The zero-order valence-electron chi connectivity index (χ0n) is 22.7. The normalized spacial score (nSPS) is 31.7. The van der Waals surface area contributed by atoms with E-state index in [1.54, 1.807) is 0 Å². The fraction of sp³-hybridized carbons (Fsp3) is 0.656. The van der Waals surface area contributed by atoms with E-state index in [0.29, 0.717) is 9.84 Å². The molecule has 1 aliphatic heterocycles. The van der Waals surface area contributed by atoms with Crippen molar-refractivity contribution < 1.29 is 9.84 Å². The monoisotopic (exact) mass is 599 g/mol. The summed E-state index contributed by atoms with van der Waals surface area (Å²) in [6, 6.07) is 9.10. The Morgan fingerprint density at radius 1 is 1.06 bits per heavy atom. The maximum Gasteiger partial charge on any atom is 0.111 e. The summed E-state index contributed by atoms with van der Waals surface area (Å²) in [5, 5.41) is 11.7. The molecule has 3 aliphatic carbocycles. The van der Waals surface area contributed by atoms with E-state index in [2.05, 4.69) is 81.5 Å². The Kier molecular flexibility index (Phi) is 6.17. The van der Waals surface area contributed by atoms with Gasteiger partial charge in [0.05, 0.1) is 11.8 Å². The van der Waals surface area contributed by atoms with Gasteiger partial charge in [0, 0.05) is 32.2 Å². The van der Waals surface area contributed by atoms with Gasteiger partial charge in [-0.1, -0.05) is 94.3 Å². The second-order valence-electron chi connectivity index (χ2n) is 13.8. The van der Waals surface area contributed by atoms with Crippen LogP contribution in [-0.4, -0.2) is 14.0 Å². The summed E-state index contributed by atoms with van der Waals surface area (Å²) in [6.07, 6.45) is 9.58. The van der Waals surface area contributed by atoms with Crippen LogP contribution in [-0.2, 0) is 22.2 Å². The fourth-order valence-corrected chi connectivity index (χ4v) is 8.85. The lowest BCUT2D eigenvalue weighted by Gasteiger charge is -2.39. The highest BCUT2D eigenvalue weighted by Crippen LogP contribution is 2.61. The first-order chi connectivity index (χ1) is 17.0. The Morgan fingerprint density at radius 3 is 2.47 bits per heavy atom. The van der Waals surface area contributed by atoms with Gasteiger partial charge in [-0.15, -0.1) is 0 Å². The van der Waals surface area contributed by atoms with Gasteiger partial charge in [-0.05, 0) is 66.9 Å². The molecule has 0 amide bonds. The van der Waals surface area contributed by atoms with Crippen LogP contribution < -0.4 is 0 Å². The zero-order valence-corrected chi connectivity index (χ0v) is 24.8. The van der Waals surface area contributed by atoms with Crippen molar-refractivity contribution in [1.29, 1.82) is 0 Å². The summed E-state index contributed by atoms with van der Waals surface area (Å²) in [7, 11) is 0. The highest BCUT2D eigenvalue weighted by atomic mass is 127. The van der Waals surface area contributed by atoms with E-state index in [-0.39, 0.29) is 22.5 Å². The first kappa shape index (κ1) is 25.3. The van der Waals surface area contributed by atoms with Crippen LogP contribution in [0.3, 0.4) is 0 Å². The average Bonchev–Trinajstić information content (AvgIpc) is 3.53. The number of pyridine rings is 1. The lowest BCUT2D eigenvalue weighted by Crippen LogP contribution is -2.35. The minimum Gasteiger partial charge on any atom is -0.388 e. The minimum absolute atomic E-state index is 0.0626.